The average Bonchev–Trinajstić information content (AvgIpc) is 3.28. The Balaban J connectivity index is 0.000000414. The fraction of sp³-hybridized carbons (Fsp3) is 0.400. The van der Waals surface area contributed by atoms with Crippen LogP contribution in [0.5, 0.6) is 0 Å². The maximum Gasteiger partial charge on any atom is 0.399 e. The zero-order valence-electron chi connectivity index (χ0n) is 20.2. The molecule has 1 amide bonds. The number of nitrogens with zero attached hydrogens (tertiary/aromatic N) is 2. The third-order valence-electron chi connectivity index (χ3n) is 5.27. The molecule has 200 valence electrons. The number of fused-ring (bicyclic) bond motifs is 1. The van der Waals surface area contributed by atoms with E-state index < -0.39 is 18.6 Å². The number of pyridine rings is 1. The van der Waals surface area contributed by atoms with Crippen molar-refractivity contribution in [3.8, 4) is 0 Å². The van der Waals surface area contributed by atoms with Gasteiger partial charge in [0.15, 0.2) is 0 Å². The molecule has 2 N–H and O–H groups in total. The molecule has 0 radical (unpaired) electrons. The van der Waals surface area contributed by atoms with Crippen LogP contribution in [0.2, 0.25) is 0 Å². The van der Waals surface area contributed by atoms with E-state index in [9.17, 15) is 22.8 Å². The van der Waals surface area contributed by atoms with Crippen LogP contribution in [0.15, 0.2) is 52.5 Å². The van der Waals surface area contributed by atoms with Gasteiger partial charge in [0.2, 0.25) is 0 Å². The third kappa shape index (κ3) is 9.95. The molecule has 0 saturated carbocycles. The number of alkyl halides is 3. The Bertz CT molecular complexity index is 1180. The van der Waals surface area contributed by atoms with Crippen LogP contribution in [0.3, 0.4) is 0 Å². The number of amides is 1. The van der Waals surface area contributed by atoms with E-state index in [2.05, 4.69) is 46.4 Å². The lowest BCUT2D eigenvalue weighted by Crippen LogP contribution is -2.38. The molecule has 3 aromatic rings. The van der Waals surface area contributed by atoms with E-state index >= 15 is 0 Å². The van der Waals surface area contributed by atoms with Gasteiger partial charge in [0.25, 0.3) is 5.91 Å². The zero-order valence-corrected chi connectivity index (χ0v) is 21.8. The number of carbonyl (C=O) groups is 2. The lowest BCUT2D eigenvalue weighted by atomic mass is 10.2. The van der Waals surface area contributed by atoms with Crippen LogP contribution in [0.1, 0.15) is 28.1 Å². The first kappa shape index (κ1) is 28.9. The molecule has 1 saturated heterocycles. The number of aromatic nitrogens is 1. The molecule has 7 nitrogen and oxygen atoms in total. The number of hydrogen-bond donors (Lipinski definition) is 2. The minimum absolute atomic E-state index is 0.000497. The first-order valence-corrected chi connectivity index (χ1v) is 13.2. The topological polar surface area (TPSA) is 91.8 Å². The van der Waals surface area contributed by atoms with E-state index in [0.717, 1.165) is 59.1 Å². The molecule has 1 aliphatic rings. The number of nitrogens with one attached hydrogen (secondary N) is 1. The number of carboxylic acid groups (broad SMARTS) is 1. The second kappa shape index (κ2) is 13.8. The van der Waals surface area contributed by atoms with Crippen molar-refractivity contribution in [1.82, 2.24) is 15.2 Å². The van der Waals surface area contributed by atoms with Crippen LogP contribution in [0.4, 0.5) is 13.2 Å². The third-order valence-corrected chi connectivity index (χ3v) is 7.40. The van der Waals surface area contributed by atoms with Gasteiger partial charge in [0.05, 0.1) is 22.8 Å². The number of thiophene rings is 1. The quantitative estimate of drug-likeness (QED) is 0.368. The van der Waals surface area contributed by atoms with Gasteiger partial charge in [-0.1, -0.05) is 29.5 Å². The van der Waals surface area contributed by atoms with E-state index in [-0.39, 0.29) is 5.91 Å². The lowest BCUT2D eigenvalue weighted by molar-refractivity contribution is -0.166. The lowest BCUT2D eigenvalue weighted by Gasteiger charge is -2.26. The number of ether oxygens (including phenoxy) is 1. The molecule has 0 spiro atoms. The number of halogens is 3. The molecule has 12 heteroatoms. The molecule has 0 bridgehead atoms. The van der Waals surface area contributed by atoms with Gasteiger partial charge in [0, 0.05) is 47.2 Å². The number of hydrogen-bond acceptors (Lipinski definition) is 7. The Hall–Kier alpha value is -2.67. The van der Waals surface area contributed by atoms with Crippen LogP contribution in [0.25, 0.3) is 10.1 Å². The molecule has 0 unspecified atom stereocenters. The summed E-state index contributed by atoms with van der Waals surface area (Å²) in [5.74, 6) is -1.85. The molecular weight excluding hydrogens is 527 g/mol. The van der Waals surface area contributed by atoms with Crippen molar-refractivity contribution in [3.63, 3.8) is 0 Å². The van der Waals surface area contributed by atoms with Gasteiger partial charge in [-0.3, -0.25) is 19.5 Å². The molecule has 1 aliphatic heterocycles. The number of carbonyl (C=O) groups excluding carboxylic acids is 1. The normalized spacial score (nSPS) is 14.2. The Morgan fingerprint density at radius 2 is 1.89 bits per heavy atom. The second-order valence-corrected chi connectivity index (χ2v) is 10.5. The van der Waals surface area contributed by atoms with Crippen molar-refractivity contribution < 1.29 is 32.6 Å². The summed E-state index contributed by atoms with van der Waals surface area (Å²) in [6.45, 7) is 7.36. The number of aliphatic carboxylic acids is 1. The molecule has 0 aliphatic carbocycles. The van der Waals surface area contributed by atoms with Crippen LogP contribution < -0.4 is 5.32 Å². The highest BCUT2D eigenvalue weighted by atomic mass is 32.2. The number of rotatable bonds is 8. The predicted molar refractivity (Wildman–Crippen MR) is 137 cm³/mol. The average molecular weight is 556 g/mol. The Morgan fingerprint density at radius 1 is 1.19 bits per heavy atom. The Labute approximate surface area is 221 Å². The van der Waals surface area contributed by atoms with E-state index in [1.165, 1.54) is 21.8 Å². The summed E-state index contributed by atoms with van der Waals surface area (Å²) in [4.78, 5) is 31.6. The van der Waals surface area contributed by atoms with Crippen molar-refractivity contribution in [2.45, 2.75) is 35.7 Å². The summed E-state index contributed by atoms with van der Waals surface area (Å²) in [6, 6.07) is 10.5. The van der Waals surface area contributed by atoms with Gasteiger partial charge in [-0.05, 0) is 38.1 Å². The highest BCUT2D eigenvalue weighted by molar-refractivity contribution is 7.99. The minimum Gasteiger partial charge on any atom is -0.481 e. The van der Waals surface area contributed by atoms with E-state index in [1.54, 1.807) is 11.8 Å². The van der Waals surface area contributed by atoms with Crippen molar-refractivity contribution in [1.29, 1.82) is 0 Å². The summed E-state index contributed by atoms with van der Waals surface area (Å²) in [6.07, 6.45) is -1.66. The Morgan fingerprint density at radius 3 is 2.51 bits per heavy atom. The fourth-order valence-corrected chi connectivity index (χ4v) is 5.40. The van der Waals surface area contributed by atoms with Gasteiger partial charge in [-0.2, -0.15) is 13.2 Å². The molecule has 0 atom stereocenters. The van der Waals surface area contributed by atoms with Crippen LogP contribution in [0, 0.1) is 6.92 Å². The first-order chi connectivity index (χ1) is 17.6. The summed E-state index contributed by atoms with van der Waals surface area (Å²) in [7, 11) is 0. The maximum absolute atomic E-state index is 12.6. The number of carboxylic acids is 1. The van der Waals surface area contributed by atoms with Crippen molar-refractivity contribution >= 4 is 45.1 Å². The molecule has 37 heavy (non-hydrogen) atoms. The van der Waals surface area contributed by atoms with Crippen molar-refractivity contribution in [2.75, 3.05) is 39.4 Å². The standard InChI is InChI=1S/C22H25N3O2S2.C3H3F3O2/c1-16-3-5-17(6-4-16)28-20-14-23-15-21-18(20)13-19(29-21)22(26)24-7-2-8-25-9-11-27-12-10-25;4-3(5,6)1-2(7)8/h3-6,13-15H,2,7-12H2,1H3,(H,24,26);1H2,(H,7,8). The molecule has 1 aromatic carbocycles. The van der Waals surface area contributed by atoms with Crippen LogP contribution in [-0.2, 0) is 9.53 Å². The number of morpholine rings is 1. The van der Waals surface area contributed by atoms with Crippen molar-refractivity contribution in [2.24, 2.45) is 0 Å². The predicted octanol–water partition coefficient (Wildman–Crippen LogP) is 5.23. The Kier molecular flexibility index (Phi) is 10.7. The largest absolute Gasteiger partial charge is 0.481 e. The summed E-state index contributed by atoms with van der Waals surface area (Å²) >= 11 is 3.19. The number of aryl methyl sites for hydroxylation is 1. The fourth-order valence-electron chi connectivity index (χ4n) is 3.45. The van der Waals surface area contributed by atoms with Gasteiger partial charge in [-0.15, -0.1) is 11.3 Å². The molecular formula is C25H28F3N3O4S2. The summed E-state index contributed by atoms with van der Waals surface area (Å²) < 4.78 is 39.2. The van der Waals surface area contributed by atoms with Crippen molar-refractivity contribution in [3.05, 3.63) is 53.2 Å². The minimum atomic E-state index is -4.58. The molecule has 3 heterocycles. The summed E-state index contributed by atoms with van der Waals surface area (Å²) in [5.41, 5.74) is 1.24. The molecule has 2 aromatic heterocycles. The van der Waals surface area contributed by atoms with Gasteiger partial charge >= 0.3 is 12.1 Å². The SMILES string of the molecule is Cc1ccc(Sc2cncc3sc(C(=O)NCCCN4CCOCC4)cc23)cc1.O=C(O)CC(F)(F)F. The maximum atomic E-state index is 12.6. The monoisotopic (exact) mass is 555 g/mol. The van der Waals surface area contributed by atoms with Gasteiger partial charge in [0.1, 0.15) is 6.42 Å². The van der Waals surface area contributed by atoms with E-state index in [1.807, 2.05) is 18.5 Å². The first-order valence-electron chi connectivity index (χ1n) is 11.6. The summed E-state index contributed by atoms with van der Waals surface area (Å²) in [5, 5.41) is 11.7. The van der Waals surface area contributed by atoms with Crippen LogP contribution in [-0.4, -0.2) is 72.4 Å². The number of benzene rings is 1. The van der Waals surface area contributed by atoms with Crippen LogP contribution >= 0.6 is 23.1 Å². The second-order valence-electron chi connectivity index (χ2n) is 8.32. The highest BCUT2D eigenvalue weighted by Crippen LogP contribution is 2.36. The van der Waals surface area contributed by atoms with E-state index in [4.69, 9.17) is 9.84 Å². The van der Waals surface area contributed by atoms with E-state index in [0.29, 0.717) is 6.54 Å². The highest BCUT2D eigenvalue weighted by Gasteiger charge is 2.30. The van der Waals surface area contributed by atoms with Gasteiger partial charge in [-0.25, -0.2) is 0 Å². The van der Waals surface area contributed by atoms with Gasteiger partial charge < -0.3 is 15.2 Å². The smallest absolute Gasteiger partial charge is 0.399 e. The molecule has 4 rings (SSSR count). The zero-order chi connectivity index (χ0) is 26.8. The molecule has 1 fully saturated rings.